The number of benzene rings is 3. The van der Waals surface area contributed by atoms with Crippen LogP contribution in [0, 0.1) is 6.92 Å². The first kappa shape index (κ1) is 28.9. The molecule has 3 aromatic rings. The number of hydrogen-bond donors (Lipinski definition) is 1. The molecule has 0 fully saturated rings. The minimum absolute atomic E-state index is 0.122. The molecule has 0 heterocycles. The van der Waals surface area contributed by atoms with Crippen molar-refractivity contribution in [3.63, 3.8) is 0 Å². The molecule has 9 heteroatoms. The van der Waals surface area contributed by atoms with Crippen LogP contribution in [0.1, 0.15) is 24.5 Å². The predicted molar refractivity (Wildman–Crippen MR) is 155 cm³/mol. The second-order valence-electron chi connectivity index (χ2n) is 8.33. The zero-order valence-corrected chi connectivity index (χ0v) is 23.9. The van der Waals surface area contributed by atoms with Gasteiger partial charge in [0, 0.05) is 17.2 Å². The van der Waals surface area contributed by atoms with Gasteiger partial charge in [-0.1, -0.05) is 42.0 Å². The highest BCUT2D eigenvalue weighted by molar-refractivity contribution is 7.98. The lowest BCUT2D eigenvalue weighted by molar-refractivity contribution is -0.119. The van der Waals surface area contributed by atoms with Crippen LogP contribution in [0.5, 0.6) is 5.75 Å². The van der Waals surface area contributed by atoms with Gasteiger partial charge in [-0.2, -0.15) is 11.8 Å². The third kappa shape index (κ3) is 8.45. The Hall–Kier alpha value is -2.62. The molecule has 0 aliphatic carbocycles. The third-order valence-corrected chi connectivity index (χ3v) is 9.14. The average Bonchev–Trinajstić information content (AvgIpc) is 2.90. The molecular weight excluding hydrogens is 525 g/mol. The van der Waals surface area contributed by atoms with E-state index in [1.165, 1.54) is 22.9 Å². The minimum atomic E-state index is -4.01. The van der Waals surface area contributed by atoms with Crippen LogP contribution in [0.3, 0.4) is 0 Å². The molecule has 0 saturated heterocycles. The molecule has 0 aliphatic rings. The van der Waals surface area contributed by atoms with E-state index in [2.05, 4.69) is 36.5 Å². The van der Waals surface area contributed by atoms with Crippen molar-refractivity contribution in [3.05, 3.63) is 83.9 Å². The van der Waals surface area contributed by atoms with Gasteiger partial charge in [0.25, 0.3) is 10.0 Å². The number of amides is 1. The number of ether oxygens (including phenoxy) is 1. The van der Waals surface area contributed by atoms with Gasteiger partial charge in [0.15, 0.2) is 0 Å². The highest BCUT2D eigenvalue weighted by Crippen LogP contribution is 2.33. The van der Waals surface area contributed by atoms with E-state index in [0.29, 0.717) is 24.6 Å². The second-order valence-corrected chi connectivity index (χ2v) is 12.2. The van der Waals surface area contributed by atoms with Crippen molar-refractivity contribution in [2.75, 3.05) is 36.0 Å². The molecule has 3 rings (SSSR count). The maximum atomic E-state index is 13.7. The average molecular weight is 559 g/mol. The summed E-state index contributed by atoms with van der Waals surface area (Å²) in [6.45, 7) is 4.43. The summed E-state index contributed by atoms with van der Waals surface area (Å²) in [7, 11) is -4.01. The smallest absolute Gasteiger partial charge is 0.264 e. The van der Waals surface area contributed by atoms with Crippen molar-refractivity contribution in [2.24, 2.45) is 0 Å². The fraction of sp³-hybridized carbons (Fsp3) is 0.321. The Labute approximate surface area is 229 Å². The number of carbonyl (C=O) groups is 1. The first-order valence-corrected chi connectivity index (χ1v) is 16.0. The van der Waals surface area contributed by atoms with Gasteiger partial charge in [0.2, 0.25) is 5.91 Å². The number of sulfonamides is 1. The van der Waals surface area contributed by atoms with Gasteiger partial charge in [-0.05, 0) is 74.2 Å². The topological polar surface area (TPSA) is 75.7 Å². The Balaban J connectivity index is 1.66. The molecule has 1 N–H and O–H groups in total. The molecule has 0 aliphatic heterocycles. The second kappa shape index (κ2) is 14.4. The number of nitrogens with zero attached hydrogens (tertiary/aromatic N) is 1. The quantitative estimate of drug-likeness (QED) is 0.201. The summed E-state index contributed by atoms with van der Waals surface area (Å²) in [6.07, 6.45) is 2.72. The van der Waals surface area contributed by atoms with E-state index in [1.54, 1.807) is 48.5 Å². The van der Waals surface area contributed by atoms with E-state index in [-0.39, 0.29) is 17.3 Å². The Morgan fingerprint density at radius 1 is 1.03 bits per heavy atom. The van der Waals surface area contributed by atoms with E-state index in [9.17, 15) is 13.2 Å². The van der Waals surface area contributed by atoms with Crippen molar-refractivity contribution in [3.8, 4) is 5.75 Å². The maximum absolute atomic E-state index is 13.7. The van der Waals surface area contributed by atoms with Crippen molar-refractivity contribution >= 4 is 45.1 Å². The lowest BCUT2D eigenvalue weighted by Gasteiger charge is -2.26. The molecule has 0 radical (unpaired) electrons. The van der Waals surface area contributed by atoms with Crippen LogP contribution in [0.4, 0.5) is 5.69 Å². The first-order chi connectivity index (χ1) is 17.8. The van der Waals surface area contributed by atoms with Gasteiger partial charge >= 0.3 is 0 Å². The van der Waals surface area contributed by atoms with Crippen molar-refractivity contribution in [1.82, 2.24) is 5.32 Å². The third-order valence-electron chi connectivity index (χ3n) is 5.51. The summed E-state index contributed by atoms with van der Waals surface area (Å²) in [5, 5.41) is 2.88. The number of carbonyl (C=O) groups excluding carboxylic acids is 1. The van der Waals surface area contributed by atoms with Crippen LogP contribution in [0.15, 0.2) is 82.6 Å². The van der Waals surface area contributed by atoms with Crippen LogP contribution in [-0.4, -0.2) is 46.0 Å². The van der Waals surface area contributed by atoms with E-state index < -0.39 is 10.0 Å². The van der Waals surface area contributed by atoms with E-state index in [1.807, 2.05) is 24.9 Å². The molecule has 6 nitrogen and oxygen atoms in total. The van der Waals surface area contributed by atoms with Crippen LogP contribution in [0.2, 0.25) is 0 Å². The number of hydrogen-bond acceptors (Lipinski definition) is 6. The zero-order chi connectivity index (χ0) is 26.7. The van der Waals surface area contributed by atoms with Gasteiger partial charge in [0.05, 0.1) is 17.2 Å². The molecule has 1 amide bonds. The number of aryl methyl sites for hydroxylation is 1. The molecule has 0 atom stereocenters. The Bertz CT molecular complexity index is 1260. The number of nitrogens with one attached hydrogen (secondary N) is 1. The number of anilines is 1. The van der Waals surface area contributed by atoms with Crippen molar-refractivity contribution in [2.45, 2.75) is 35.8 Å². The van der Waals surface area contributed by atoms with Crippen LogP contribution < -0.4 is 14.4 Å². The Morgan fingerprint density at radius 3 is 2.49 bits per heavy atom. The molecule has 0 unspecified atom stereocenters. The lowest BCUT2D eigenvalue weighted by Crippen LogP contribution is -2.41. The summed E-state index contributed by atoms with van der Waals surface area (Å²) in [5.41, 5.74) is 2.87. The van der Waals surface area contributed by atoms with Gasteiger partial charge in [0.1, 0.15) is 12.3 Å². The fourth-order valence-electron chi connectivity index (χ4n) is 3.70. The molecule has 0 saturated carbocycles. The molecule has 0 bridgehead atoms. The van der Waals surface area contributed by atoms with Gasteiger partial charge < -0.3 is 10.1 Å². The minimum Gasteiger partial charge on any atom is -0.492 e. The molecule has 0 spiro atoms. The molecule has 198 valence electrons. The normalized spacial score (nSPS) is 11.2. The SMILES string of the molecule is CCOc1ccccc1N(CC(=O)NCCCSCc1cccc(C)c1)S(=O)(=O)c1ccc(SC)cc1. The number of rotatable bonds is 14. The lowest BCUT2D eigenvalue weighted by atomic mass is 10.2. The highest BCUT2D eigenvalue weighted by Gasteiger charge is 2.29. The summed E-state index contributed by atoms with van der Waals surface area (Å²) >= 11 is 3.35. The van der Waals surface area contributed by atoms with Crippen molar-refractivity contribution < 1.29 is 17.9 Å². The maximum Gasteiger partial charge on any atom is 0.264 e. The summed E-state index contributed by atoms with van der Waals surface area (Å²) in [5.74, 6) is 1.87. The summed E-state index contributed by atoms with van der Waals surface area (Å²) < 4.78 is 34.2. The predicted octanol–water partition coefficient (Wildman–Crippen LogP) is 5.75. The van der Waals surface area contributed by atoms with E-state index >= 15 is 0 Å². The van der Waals surface area contributed by atoms with Gasteiger partial charge in [-0.15, -0.1) is 11.8 Å². The molecule has 0 aromatic heterocycles. The number of thioether (sulfide) groups is 2. The van der Waals surface area contributed by atoms with E-state index in [4.69, 9.17) is 4.74 Å². The Morgan fingerprint density at radius 2 is 1.78 bits per heavy atom. The standard InChI is InChI=1S/C28H34N2O4S3/c1-4-34-27-12-6-5-11-26(27)30(37(32,33)25-15-13-24(35-3)14-16-25)20-28(31)29-17-8-18-36-21-23-10-7-9-22(2)19-23/h5-7,9-16,19H,4,8,17-18,20-21H2,1-3H3,(H,29,31). The molecule has 3 aromatic carbocycles. The fourth-order valence-corrected chi connectivity index (χ4v) is 6.44. The molecular formula is C28H34N2O4S3. The highest BCUT2D eigenvalue weighted by atomic mass is 32.2. The monoisotopic (exact) mass is 558 g/mol. The van der Waals surface area contributed by atoms with Crippen LogP contribution in [0.25, 0.3) is 0 Å². The van der Waals surface area contributed by atoms with Crippen LogP contribution >= 0.6 is 23.5 Å². The van der Waals surface area contributed by atoms with E-state index in [0.717, 1.165) is 27.1 Å². The largest absolute Gasteiger partial charge is 0.492 e. The van der Waals surface area contributed by atoms with Gasteiger partial charge in [-0.25, -0.2) is 8.42 Å². The Kier molecular flexibility index (Phi) is 11.2. The first-order valence-electron chi connectivity index (χ1n) is 12.1. The summed E-state index contributed by atoms with van der Waals surface area (Å²) in [4.78, 5) is 14.0. The van der Waals surface area contributed by atoms with Gasteiger partial charge in [-0.3, -0.25) is 9.10 Å². The molecule has 37 heavy (non-hydrogen) atoms. The number of para-hydroxylation sites is 2. The van der Waals surface area contributed by atoms with Crippen LogP contribution in [-0.2, 0) is 20.6 Å². The zero-order valence-electron chi connectivity index (χ0n) is 21.5. The van der Waals surface area contributed by atoms with Crippen molar-refractivity contribution in [1.29, 1.82) is 0 Å². The summed E-state index contributed by atoms with van der Waals surface area (Å²) in [6, 6.07) is 22.0.